The molecule has 0 saturated carbocycles. The van der Waals surface area contributed by atoms with Crippen LogP contribution < -0.4 is 10.1 Å². The second-order valence-corrected chi connectivity index (χ2v) is 3.99. The highest BCUT2D eigenvalue weighted by atomic mass is 16.5. The molecule has 0 amide bonds. The fourth-order valence-corrected chi connectivity index (χ4v) is 1.61. The first kappa shape index (κ1) is 12.5. The van der Waals surface area contributed by atoms with E-state index in [0.29, 0.717) is 12.5 Å². The molecule has 1 N–H and O–H groups in total. The van der Waals surface area contributed by atoms with Crippen molar-refractivity contribution in [2.45, 2.75) is 26.3 Å². The summed E-state index contributed by atoms with van der Waals surface area (Å²) in [6.45, 7) is 5.38. The van der Waals surface area contributed by atoms with Crippen LogP contribution in [0.1, 0.15) is 30.9 Å². The Kier molecular flexibility index (Phi) is 4.81. The van der Waals surface area contributed by atoms with Crippen LogP contribution in [0, 0.1) is 11.3 Å². The Morgan fingerprint density at radius 2 is 2.19 bits per heavy atom. The summed E-state index contributed by atoms with van der Waals surface area (Å²) in [6, 6.07) is 8.20. The third-order valence-corrected chi connectivity index (χ3v) is 2.45. The van der Waals surface area contributed by atoms with E-state index >= 15 is 0 Å². The number of nitriles is 1. The topological polar surface area (TPSA) is 45.0 Å². The molecule has 0 aliphatic carbocycles. The summed E-state index contributed by atoms with van der Waals surface area (Å²) in [6.07, 6.45) is 0. The van der Waals surface area contributed by atoms with Crippen LogP contribution in [0.25, 0.3) is 0 Å². The molecule has 0 saturated heterocycles. The average molecular weight is 218 g/mol. The van der Waals surface area contributed by atoms with Gasteiger partial charge in [0.2, 0.25) is 0 Å². The van der Waals surface area contributed by atoms with Crippen molar-refractivity contribution in [2.75, 3.05) is 13.7 Å². The normalized spacial score (nSPS) is 10.2. The zero-order valence-corrected chi connectivity index (χ0v) is 10.1. The molecule has 3 heteroatoms. The maximum absolute atomic E-state index is 8.44. The first-order chi connectivity index (χ1) is 7.69. The molecule has 0 atom stereocenters. The van der Waals surface area contributed by atoms with Gasteiger partial charge in [-0.2, -0.15) is 5.26 Å². The van der Waals surface area contributed by atoms with Crippen molar-refractivity contribution in [2.24, 2.45) is 0 Å². The van der Waals surface area contributed by atoms with Gasteiger partial charge < -0.3 is 10.1 Å². The highest BCUT2D eigenvalue weighted by Gasteiger charge is 2.07. The van der Waals surface area contributed by atoms with Gasteiger partial charge in [-0.15, -0.1) is 0 Å². The molecule has 0 fully saturated rings. The van der Waals surface area contributed by atoms with Crippen molar-refractivity contribution in [3.63, 3.8) is 0 Å². The number of nitrogens with zero attached hydrogens (tertiary/aromatic N) is 1. The summed E-state index contributed by atoms with van der Waals surface area (Å²) in [7, 11) is 1.69. The van der Waals surface area contributed by atoms with E-state index < -0.39 is 0 Å². The van der Waals surface area contributed by atoms with Crippen LogP contribution in [0.15, 0.2) is 18.2 Å². The lowest BCUT2D eigenvalue weighted by molar-refractivity contribution is 0.407. The molecule has 0 aromatic heterocycles. The van der Waals surface area contributed by atoms with Gasteiger partial charge in [0.15, 0.2) is 0 Å². The van der Waals surface area contributed by atoms with Gasteiger partial charge in [-0.1, -0.05) is 26.0 Å². The minimum Gasteiger partial charge on any atom is -0.496 e. The summed E-state index contributed by atoms with van der Waals surface area (Å²) in [5.41, 5.74) is 2.39. The molecule has 1 rings (SSSR count). The lowest BCUT2D eigenvalue weighted by Gasteiger charge is -2.13. The van der Waals surface area contributed by atoms with Gasteiger partial charge in [0.05, 0.1) is 19.7 Å². The first-order valence-electron chi connectivity index (χ1n) is 5.43. The van der Waals surface area contributed by atoms with E-state index in [0.717, 1.165) is 12.3 Å². The van der Waals surface area contributed by atoms with E-state index in [1.165, 1.54) is 11.1 Å². The molecule has 0 heterocycles. The number of benzene rings is 1. The molecular formula is C13H18N2O. The van der Waals surface area contributed by atoms with Gasteiger partial charge in [0.1, 0.15) is 5.75 Å². The third-order valence-electron chi connectivity index (χ3n) is 2.45. The average Bonchev–Trinajstić information content (AvgIpc) is 2.29. The van der Waals surface area contributed by atoms with Gasteiger partial charge >= 0.3 is 0 Å². The van der Waals surface area contributed by atoms with Crippen LogP contribution in [0.5, 0.6) is 5.75 Å². The molecule has 3 nitrogen and oxygen atoms in total. The second-order valence-electron chi connectivity index (χ2n) is 3.99. The summed E-state index contributed by atoms with van der Waals surface area (Å²) < 4.78 is 5.31. The third kappa shape index (κ3) is 3.25. The molecule has 1 aromatic carbocycles. The number of methoxy groups -OCH3 is 1. The Morgan fingerprint density at radius 3 is 2.75 bits per heavy atom. The van der Waals surface area contributed by atoms with E-state index in [2.05, 4.69) is 31.3 Å². The molecule has 86 valence electrons. The maximum Gasteiger partial charge on any atom is 0.122 e. The molecule has 0 aliphatic heterocycles. The Labute approximate surface area is 97.0 Å². The van der Waals surface area contributed by atoms with Crippen LogP contribution in [0.4, 0.5) is 0 Å². The van der Waals surface area contributed by atoms with Crippen LogP contribution in [0.2, 0.25) is 0 Å². The van der Waals surface area contributed by atoms with Crippen molar-refractivity contribution in [1.82, 2.24) is 5.32 Å². The molecule has 0 aliphatic rings. The van der Waals surface area contributed by atoms with E-state index in [9.17, 15) is 0 Å². The minimum atomic E-state index is 0.378. The summed E-state index contributed by atoms with van der Waals surface area (Å²) in [4.78, 5) is 0. The fraction of sp³-hybridized carbons (Fsp3) is 0.462. The fourth-order valence-electron chi connectivity index (χ4n) is 1.61. The van der Waals surface area contributed by atoms with E-state index in [1.54, 1.807) is 7.11 Å². The zero-order valence-electron chi connectivity index (χ0n) is 10.1. The monoisotopic (exact) mass is 218 g/mol. The lowest BCUT2D eigenvalue weighted by Crippen LogP contribution is -2.13. The predicted octanol–water partition coefficient (Wildman–Crippen LogP) is 2.43. The van der Waals surface area contributed by atoms with E-state index in [1.807, 2.05) is 12.1 Å². The number of nitrogens with one attached hydrogen (secondary N) is 1. The molecule has 16 heavy (non-hydrogen) atoms. The molecule has 0 bridgehead atoms. The maximum atomic E-state index is 8.44. The summed E-state index contributed by atoms with van der Waals surface area (Å²) in [5.74, 6) is 1.37. The quantitative estimate of drug-likeness (QED) is 0.610. The van der Waals surface area contributed by atoms with Crippen LogP contribution >= 0.6 is 0 Å². The van der Waals surface area contributed by atoms with Crippen molar-refractivity contribution >= 4 is 0 Å². The lowest BCUT2D eigenvalue weighted by atomic mass is 9.99. The molecule has 0 spiro atoms. The highest BCUT2D eigenvalue weighted by molar-refractivity contribution is 5.39. The molecular weight excluding hydrogens is 200 g/mol. The standard InChI is InChI=1S/C13H18N2O/c1-10(2)12-8-11(9-15-7-6-14)4-5-13(12)16-3/h4-5,8,10,15H,7,9H2,1-3H3. The Hall–Kier alpha value is -1.53. The van der Waals surface area contributed by atoms with Gasteiger partial charge in [-0.3, -0.25) is 0 Å². The summed E-state index contributed by atoms with van der Waals surface area (Å²) in [5, 5.41) is 11.5. The smallest absolute Gasteiger partial charge is 0.122 e. The van der Waals surface area contributed by atoms with Crippen LogP contribution in [0.3, 0.4) is 0 Å². The molecule has 1 aromatic rings. The molecule has 0 radical (unpaired) electrons. The molecule has 0 unspecified atom stereocenters. The number of rotatable bonds is 5. The van der Waals surface area contributed by atoms with Crippen molar-refractivity contribution in [3.8, 4) is 11.8 Å². The van der Waals surface area contributed by atoms with Crippen molar-refractivity contribution in [3.05, 3.63) is 29.3 Å². The number of hydrogen-bond acceptors (Lipinski definition) is 3. The number of hydrogen-bond donors (Lipinski definition) is 1. The van der Waals surface area contributed by atoms with Gasteiger partial charge in [-0.05, 0) is 23.1 Å². The second kappa shape index (κ2) is 6.14. The summed E-state index contributed by atoms with van der Waals surface area (Å²) >= 11 is 0. The van der Waals surface area contributed by atoms with E-state index in [-0.39, 0.29) is 0 Å². The van der Waals surface area contributed by atoms with Crippen molar-refractivity contribution < 1.29 is 4.74 Å². The van der Waals surface area contributed by atoms with Gasteiger partial charge in [0.25, 0.3) is 0 Å². The Balaban J connectivity index is 2.81. The van der Waals surface area contributed by atoms with E-state index in [4.69, 9.17) is 10.00 Å². The minimum absolute atomic E-state index is 0.378. The van der Waals surface area contributed by atoms with Crippen molar-refractivity contribution in [1.29, 1.82) is 5.26 Å². The van der Waals surface area contributed by atoms with Crippen LogP contribution in [-0.4, -0.2) is 13.7 Å². The van der Waals surface area contributed by atoms with Crippen LogP contribution in [-0.2, 0) is 6.54 Å². The van der Waals surface area contributed by atoms with Gasteiger partial charge in [-0.25, -0.2) is 0 Å². The first-order valence-corrected chi connectivity index (χ1v) is 5.43. The predicted molar refractivity (Wildman–Crippen MR) is 64.4 cm³/mol. The van der Waals surface area contributed by atoms with Gasteiger partial charge in [0, 0.05) is 6.54 Å². The Morgan fingerprint density at radius 1 is 1.44 bits per heavy atom. The Bertz CT molecular complexity index is 380. The zero-order chi connectivity index (χ0) is 12.0. The number of ether oxygens (including phenoxy) is 1. The highest BCUT2D eigenvalue weighted by Crippen LogP contribution is 2.27. The SMILES string of the molecule is COc1ccc(CNCC#N)cc1C(C)C. The largest absolute Gasteiger partial charge is 0.496 e.